The number of nitrogens with zero attached hydrogens (tertiary/aromatic N) is 5. The van der Waals surface area contributed by atoms with Crippen LogP contribution in [-0.2, 0) is 10.5 Å². The Kier molecular flexibility index (Phi) is 4.66. The molecule has 1 fully saturated rings. The molecule has 1 saturated heterocycles. The van der Waals surface area contributed by atoms with Gasteiger partial charge in [-0.2, -0.15) is 4.98 Å². The van der Waals surface area contributed by atoms with Crippen molar-refractivity contribution in [3.8, 4) is 0 Å². The van der Waals surface area contributed by atoms with Gasteiger partial charge in [0.05, 0.1) is 11.8 Å². The summed E-state index contributed by atoms with van der Waals surface area (Å²) in [4.78, 5) is 29.1. The molecule has 1 unspecified atom stereocenters. The second-order valence-electron chi connectivity index (χ2n) is 6.35. The maximum Gasteiger partial charge on any atom is 0.237 e. The Morgan fingerprint density at radius 3 is 3.08 bits per heavy atom. The molecular weight excluding hydrogens is 370 g/mol. The number of hydrogen-bond acceptors (Lipinski definition) is 8. The molecule has 3 aromatic rings. The van der Waals surface area contributed by atoms with Crippen LogP contribution in [0, 0.1) is 13.8 Å². The van der Waals surface area contributed by atoms with Crippen LogP contribution in [0.2, 0.25) is 0 Å². The largest absolute Gasteiger partial charge is 0.338 e. The molecule has 9 heteroatoms. The van der Waals surface area contributed by atoms with Gasteiger partial charge in [0.2, 0.25) is 11.8 Å². The standard InChI is InChI=1S/C17H19N5O2S2/c1-9-10(2)26-17-14(9)16(18-8-19-17)25-7-13-20-15(21-24-13)12-5-4-6-22(12)11(3)23/h8,12H,4-7H2,1-3H3. The first-order chi connectivity index (χ1) is 12.5. The first kappa shape index (κ1) is 17.4. The molecule has 1 amide bonds. The van der Waals surface area contributed by atoms with Crippen molar-refractivity contribution in [1.82, 2.24) is 25.0 Å². The average molecular weight is 390 g/mol. The van der Waals surface area contributed by atoms with E-state index in [4.69, 9.17) is 4.52 Å². The van der Waals surface area contributed by atoms with Gasteiger partial charge in [-0.3, -0.25) is 4.79 Å². The fourth-order valence-electron chi connectivity index (χ4n) is 3.26. The molecule has 0 aliphatic carbocycles. The Balaban J connectivity index is 1.51. The van der Waals surface area contributed by atoms with Crippen LogP contribution in [-0.4, -0.2) is 37.5 Å². The van der Waals surface area contributed by atoms with Crippen molar-refractivity contribution in [2.75, 3.05) is 6.54 Å². The van der Waals surface area contributed by atoms with Crippen molar-refractivity contribution in [3.63, 3.8) is 0 Å². The van der Waals surface area contributed by atoms with E-state index in [2.05, 4.69) is 34.0 Å². The molecule has 0 N–H and O–H groups in total. The zero-order valence-corrected chi connectivity index (χ0v) is 16.5. The summed E-state index contributed by atoms with van der Waals surface area (Å²) in [5.41, 5.74) is 1.22. The molecule has 1 aliphatic rings. The van der Waals surface area contributed by atoms with Crippen LogP contribution in [0.1, 0.15) is 48.0 Å². The van der Waals surface area contributed by atoms with Crippen molar-refractivity contribution >= 4 is 39.2 Å². The van der Waals surface area contributed by atoms with E-state index in [-0.39, 0.29) is 11.9 Å². The monoisotopic (exact) mass is 389 g/mol. The molecule has 0 saturated carbocycles. The number of fused-ring (bicyclic) bond motifs is 1. The Bertz CT molecular complexity index is 967. The number of aryl methyl sites for hydroxylation is 2. The molecule has 4 rings (SSSR count). The van der Waals surface area contributed by atoms with Gasteiger partial charge in [0.1, 0.15) is 16.2 Å². The lowest BCUT2D eigenvalue weighted by Crippen LogP contribution is -2.28. The topological polar surface area (TPSA) is 85.0 Å². The van der Waals surface area contributed by atoms with E-state index in [9.17, 15) is 4.79 Å². The lowest BCUT2D eigenvalue weighted by Gasteiger charge is -2.19. The predicted octanol–water partition coefficient (Wildman–Crippen LogP) is 3.67. The van der Waals surface area contributed by atoms with E-state index in [1.165, 1.54) is 10.4 Å². The van der Waals surface area contributed by atoms with Gasteiger partial charge in [-0.05, 0) is 32.3 Å². The van der Waals surface area contributed by atoms with Crippen molar-refractivity contribution in [2.45, 2.75) is 50.4 Å². The highest BCUT2D eigenvalue weighted by atomic mass is 32.2. The summed E-state index contributed by atoms with van der Waals surface area (Å²) in [6.07, 6.45) is 3.45. The number of hydrogen-bond donors (Lipinski definition) is 0. The zero-order valence-electron chi connectivity index (χ0n) is 14.9. The maximum absolute atomic E-state index is 11.7. The van der Waals surface area contributed by atoms with E-state index in [1.54, 1.807) is 36.3 Å². The van der Waals surface area contributed by atoms with E-state index < -0.39 is 0 Å². The molecule has 136 valence electrons. The van der Waals surface area contributed by atoms with E-state index in [1.807, 2.05) is 4.90 Å². The maximum atomic E-state index is 11.7. The van der Waals surface area contributed by atoms with Gasteiger partial charge >= 0.3 is 0 Å². The number of thiophene rings is 1. The van der Waals surface area contributed by atoms with Crippen molar-refractivity contribution in [3.05, 3.63) is 28.5 Å². The first-order valence-corrected chi connectivity index (χ1v) is 10.3. The number of rotatable bonds is 4. The third-order valence-corrected chi connectivity index (χ3v) is 6.79. The van der Waals surface area contributed by atoms with E-state index in [0.29, 0.717) is 17.5 Å². The highest BCUT2D eigenvalue weighted by Crippen LogP contribution is 2.36. The average Bonchev–Trinajstić information content (AvgIpc) is 3.33. The molecule has 4 heterocycles. The summed E-state index contributed by atoms with van der Waals surface area (Å²) in [7, 11) is 0. The number of aromatic nitrogens is 4. The molecule has 1 atom stereocenters. The lowest BCUT2D eigenvalue weighted by molar-refractivity contribution is -0.129. The zero-order chi connectivity index (χ0) is 18.3. The smallest absolute Gasteiger partial charge is 0.237 e. The van der Waals surface area contributed by atoms with Crippen molar-refractivity contribution in [1.29, 1.82) is 0 Å². The highest BCUT2D eigenvalue weighted by molar-refractivity contribution is 7.98. The molecule has 0 bridgehead atoms. The van der Waals surface area contributed by atoms with Gasteiger partial charge in [0.15, 0.2) is 5.82 Å². The minimum Gasteiger partial charge on any atom is -0.338 e. The summed E-state index contributed by atoms with van der Waals surface area (Å²) in [5.74, 6) is 1.75. The first-order valence-electron chi connectivity index (χ1n) is 8.47. The number of likely N-dealkylation sites (tertiary alicyclic amines) is 1. The quantitative estimate of drug-likeness (QED) is 0.497. The van der Waals surface area contributed by atoms with Crippen LogP contribution in [0.15, 0.2) is 15.9 Å². The van der Waals surface area contributed by atoms with Crippen LogP contribution < -0.4 is 0 Å². The number of carbonyl (C=O) groups is 1. The van der Waals surface area contributed by atoms with Crippen LogP contribution in [0.3, 0.4) is 0 Å². The number of thioether (sulfide) groups is 1. The molecule has 26 heavy (non-hydrogen) atoms. The van der Waals surface area contributed by atoms with Crippen molar-refractivity contribution < 1.29 is 9.32 Å². The van der Waals surface area contributed by atoms with Gasteiger partial charge in [-0.25, -0.2) is 9.97 Å². The third-order valence-electron chi connectivity index (χ3n) is 4.70. The van der Waals surface area contributed by atoms with Crippen LogP contribution >= 0.6 is 23.1 Å². The lowest BCUT2D eigenvalue weighted by atomic mass is 10.2. The van der Waals surface area contributed by atoms with E-state index in [0.717, 1.165) is 34.6 Å². The molecule has 7 nitrogen and oxygen atoms in total. The summed E-state index contributed by atoms with van der Waals surface area (Å²) < 4.78 is 5.41. The fraction of sp³-hybridized carbons (Fsp3) is 0.471. The SMILES string of the molecule is CC(=O)N1CCCC1c1noc(CSc2ncnc3sc(C)c(C)c23)n1. The van der Waals surface area contributed by atoms with Crippen molar-refractivity contribution in [2.24, 2.45) is 0 Å². The molecule has 0 aromatic carbocycles. The Morgan fingerprint density at radius 1 is 1.42 bits per heavy atom. The third kappa shape index (κ3) is 3.09. The van der Waals surface area contributed by atoms with Crippen LogP contribution in [0.4, 0.5) is 0 Å². The van der Waals surface area contributed by atoms with Gasteiger partial charge in [-0.1, -0.05) is 16.9 Å². The summed E-state index contributed by atoms with van der Waals surface area (Å²) >= 11 is 3.26. The predicted molar refractivity (Wildman–Crippen MR) is 100 cm³/mol. The number of carbonyl (C=O) groups excluding carboxylic acids is 1. The summed E-state index contributed by atoms with van der Waals surface area (Å²) in [6.45, 7) is 6.54. The van der Waals surface area contributed by atoms with Gasteiger partial charge in [0, 0.05) is 23.7 Å². The molecular formula is C17H19N5O2S2. The van der Waals surface area contributed by atoms with Crippen LogP contribution in [0.5, 0.6) is 0 Å². The summed E-state index contributed by atoms with van der Waals surface area (Å²) in [6, 6.07) is -0.0671. The van der Waals surface area contributed by atoms with Crippen LogP contribution in [0.25, 0.3) is 10.2 Å². The highest BCUT2D eigenvalue weighted by Gasteiger charge is 2.31. The summed E-state index contributed by atoms with van der Waals surface area (Å²) in [5, 5.41) is 6.15. The Morgan fingerprint density at radius 2 is 2.27 bits per heavy atom. The number of amides is 1. The second-order valence-corrected chi connectivity index (χ2v) is 8.51. The van der Waals surface area contributed by atoms with E-state index >= 15 is 0 Å². The molecule has 0 spiro atoms. The normalized spacial score (nSPS) is 17.3. The minimum atomic E-state index is -0.0671. The minimum absolute atomic E-state index is 0.0555. The second kappa shape index (κ2) is 6.96. The Hall–Kier alpha value is -2.00. The molecule has 1 aliphatic heterocycles. The van der Waals surface area contributed by atoms with Gasteiger partial charge in [-0.15, -0.1) is 11.3 Å². The van der Waals surface area contributed by atoms with Gasteiger partial charge in [0.25, 0.3) is 0 Å². The Labute approximate surface area is 159 Å². The van der Waals surface area contributed by atoms with Gasteiger partial charge < -0.3 is 9.42 Å². The molecule has 0 radical (unpaired) electrons. The fourth-order valence-corrected chi connectivity index (χ4v) is 5.22. The molecule has 3 aromatic heterocycles.